The number of fused-ring (bicyclic) bond motifs is 3. The first-order chi connectivity index (χ1) is 7.92. The molecule has 0 atom stereocenters. The lowest BCUT2D eigenvalue weighted by molar-refractivity contribution is 0.797. The van der Waals surface area contributed by atoms with Gasteiger partial charge >= 0.3 is 0 Å². The first-order valence-electron chi connectivity index (χ1n) is 6.10. The van der Waals surface area contributed by atoms with Crippen LogP contribution in [0.1, 0.15) is 19.8 Å². The topological polar surface area (TPSA) is 18.8 Å². The number of nitrogens with zero attached hydrogens (tertiary/aromatic N) is 3. The summed E-state index contributed by atoms with van der Waals surface area (Å²) in [5.74, 6) is 1.16. The minimum Gasteiger partial charge on any atom is -0.310 e. The van der Waals surface area contributed by atoms with Crippen molar-refractivity contribution < 1.29 is 0 Å². The Hall–Kier alpha value is -1.22. The Labute approximate surface area is 109 Å². The zero-order valence-electron chi connectivity index (χ0n) is 10.1. The average molecular weight is 252 g/mol. The summed E-state index contributed by atoms with van der Waals surface area (Å²) in [6.45, 7) is 5.29. The van der Waals surface area contributed by atoms with E-state index in [9.17, 15) is 0 Å². The van der Waals surface area contributed by atoms with Gasteiger partial charge in [0.2, 0.25) is 5.96 Å². The molecule has 0 fully saturated rings. The molecule has 0 saturated carbocycles. The van der Waals surface area contributed by atoms with Gasteiger partial charge in [0.1, 0.15) is 0 Å². The highest BCUT2D eigenvalue weighted by Crippen LogP contribution is 2.38. The van der Waals surface area contributed by atoms with Crippen LogP contribution in [0.5, 0.6) is 0 Å². The number of anilines is 2. The first kappa shape index (κ1) is 12.2. The molecule has 2 aliphatic heterocycles. The Morgan fingerprint density at radius 1 is 1.24 bits per heavy atom. The minimum absolute atomic E-state index is 0. The van der Waals surface area contributed by atoms with E-state index in [1.165, 1.54) is 24.2 Å². The van der Waals surface area contributed by atoms with Gasteiger partial charge in [-0.05, 0) is 18.6 Å². The summed E-state index contributed by atoms with van der Waals surface area (Å²) in [5.41, 5.74) is 2.66. The minimum atomic E-state index is 0. The number of para-hydroxylation sites is 2. The van der Waals surface area contributed by atoms with Crippen molar-refractivity contribution in [2.75, 3.05) is 29.4 Å². The molecule has 0 spiro atoms. The fourth-order valence-electron chi connectivity index (χ4n) is 2.46. The number of unbranched alkanes of at least 4 members (excludes halogenated alkanes) is 1. The molecule has 0 unspecified atom stereocenters. The van der Waals surface area contributed by atoms with Gasteiger partial charge in [0, 0.05) is 13.1 Å². The van der Waals surface area contributed by atoms with E-state index in [2.05, 4.69) is 46.0 Å². The van der Waals surface area contributed by atoms with Gasteiger partial charge in [0.25, 0.3) is 0 Å². The van der Waals surface area contributed by atoms with Crippen LogP contribution in [0.2, 0.25) is 0 Å². The van der Waals surface area contributed by atoms with Gasteiger partial charge in [-0.3, -0.25) is 4.99 Å². The molecule has 0 radical (unpaired) electrons. The number of benzene rings is 1. The number of aliphatic imine (C=N–C) groups is 1. The number of rotatable bonds is 3. The number of guanidine groups is 1. The van der Waals surface area contributed by atoms with E-state index in [0.717, 1.165) is 25.6 Å². The standard InChI is InChI=1S/C13H17N3.ClH/c1-2-3-9-15-11-6-4-5-7-12(11)16-10-8-14-13(15)16;/h4-7H,2-3,8-10H2,1H3;1H. The molecule has 0 aromatic heterocycles. The van der Waals surface area contributed by atoms with Crippen molar-refractivity contribution in [2.24, 2.45) is 4.99 Å². The highest BCUT2D eigenvalue weighted by atomic mass is 35.5. The fourth-order valence-corrected chi connectivity index (χ4v) is 2.46. The smallest absolute Gasteiger partial charge is 0.205 e. The molecule has 0 bridgehead atoms. The van der Waals surface area contributed by atoms with Crippen molar-refractivity contribution in [1.29, 1.82) is 0 Å². The molecule has 3 rings (SSSR count). The third-order valence-corrected chi connectivity index (χ3v) is 3.26. The fraction of sp³-hybridized carbons (Fsp3) is 0.462. The normalized spacial score (nSPS) is 16.4. The highest BCUT2D eigenvalue weighted by molar-refractivity contribution is 6.17. The summed E-state index contributed by atoms with van der Waals surface area (Å²) < 4.78 is 0. The Kier molecular flexibility index (Phi) is 3.57. The quantitative estimate of drug-likeness (QED) is 0.823. The Morgan fingerprint density at radius 2 is 2.00 bits per heavy atom. The first-order valence-corrected chi connectivity index (χ1v) is 6.10. The van der Waals surface area contributed by atoms with E-state index in [1.807, 2.05) is 0 Å². The van der Waals surface area contributed by atoms with Crippen LogP contribution in [0.3, 0.4) is 0 Å². The molecule has 92 valence electrons. The number of hydrogen-bond donors (Lipinski definition) is 0. The molecule has 1 aromatic rings. The number of hydrogen-bond acceptors (Lipinski definition) is 3. The van der Waals surface area contributed by atoms with Crippen LogP contribution in [-0.4, -0.2) is 25.6 Å². The van der Waals surface area contributed by atoms with Crippen molar-refractivity contribution >= 4 is 29.7 Å². The molecule has 4 heteroatoms. The molecule has 2 aliphatic rings. The molecule has 17 heavy (non-hydrogen) atoms. The van der Waals surface area contributed by atoms with E-state index in [1.54, 1.807) is 0 Å². The maximum atomic E-state index is 4.62. The maximum absolute atomic E-state index is 4.62. The Bertz CT molecular complexity index is 430. The van der Waals surface area contributed by atoms with Gasteiger partial charge in [-0.15, -0.1) is 12.4 Å². The molecule has 2 heterocycles. The Morgan fingerprint density at radius 3 is 2.76 bits per heavy atom. The van der Waals surface area contributed by atoms with Crippen LogP contribution >= 0.6 is 12.4 Å². The second-order valence-corrected chi connectivity index (χ2v) is 4.33. The van der Waals surface area contributed by atoms with Gasteiger partial charge in [0.15, 0.2) is 0 Å². The summed E-state index contributed by atoms with van der Waals surface area (Å²) in [7, 11) is 0. The van der Waals surface area contributed by atoms with Crippen LogP contribution < -0.4 is 9.80 Å². The molecule has 3 nitrogen and oxygen atoms in total. The van der Waals surface area contributed by atoms with E-state index in [0.29, 0.717) is 0 Å². The molecule has 0 amide bonds. The van der Waals surface area contributed by atoms with Crippen molar-refractivity contribution in [3.63, 3.8) is 0 Å². The lowest BCUT2D eigenvalue weighted by atomic mass is 10.2. The van der Waals surface area contributed by atoms with Crippen LogP contribution in [0.15, 0.2) is 29.3 Å². The summed E-state index contributed by atoms with van der Waals surface area (Å²) in [6.07, 6.45) is 2.45. The second kappa shape index (κ2) is 4.96. The lowest BCUT2D eigenvalue weighted by Gasteiger charge is -2.18. The Balaban J connectivity index is 0.00000108. The zero-order valence-corrected chi connectivity index (χ0v) is 10.9. The summed E-state index contributed by atoms with van der Waals surface area (Å²) in [6, 6.07) is 8.62. The molecular weight excluding hydrogens is 234 g/mol. The van der Waals surface area contributed by atoms with Gasteiger partial charge < -0.3 is 9.80 Å². The van der Waals surface area contributed by atoms with E-state index in [-0.39, 0.29) is 12.4 Å². The lowest BCUT2D eigenvalue weighted by Crippen LogP contribution is -2.35. The van der Waals surface area contributed by atoms with Gasteiger partial charge in [0.05, 0.1) is 17.9 Å². The second-order valence-electron chi connectivity index (χ2n) is 4.33. The molecule has 0 N–H and O–H groups in total. The zero-order chi connectivity index (χ0) is 11.0. The maximum Gasteiger partial charge on any atom is 0.205 e. The predicted octanol–water partition coefficient (Wildman–Crippen LogP) is 2.90. The SMILES string of the molecule is CCCCN1C2=NCCN2c2ccccc21.Cl. The van der Waals surface area contributed by atoms with Crippen molar-refractivity contribution in [3.05, 3.63) is 24.3 Å². The molecule has 1 aromatic carbocycles. The monoisotopic (exact) mass is 251 g/mol. The van der Waals surface area contributed by atoms with E-state index >= 15 is 0 Å². The molecular formula is C13H18ClN3. The van der Waals surface area contributed by atoms with Crippen molar-refractivity contribution in [1.82, 2.24) is 0 Å². The van der Waals surface area contributed by atoms with Crippen molar-refractivity contribution in [2.45, 2.75) is 19.8 Å². The molecule has 0 saturated heterocycles. The summed E-state index contributed by atoms with van der Waals surface area (Å²) in [5, 5.41) is 0. The van der Waals surface area contributed by atoms with E-state index < -0.39 is 0 Å². The van der Waals surface area contributed by atoms with Crippen LogP contribution in [0.4, 0.5) is 11.4 Å². The molecule has 0 aliphatic carbocycles. The van der Waals surface area contributed by atoms with Crippen LogP contribution in [-0.2, 0) is 0 Å². The predicted molar refractivity (Wildman–Crippen MR) is 75.6 cm³/mol. The van der Waals surface area contributed by atoms with Crippen molar-refractivity contribution in [3.8, 4) is 0 Å². The van der Waals surface area contributed by atoms with Gasteiger partial charge in [-0.1, -0.05) is 25.5 Å². The largest absolute Gasteiger partial charge is 0.310 e. The van der Waals surface area contributed by atoms with Gasteiger partial charge in [-0.25, -0.2) is 0 Å². The third kappa shape index (κ3) is 1.89. The number of halogens is 1. The summed E-state index contributed by atoms with van der Waals surface area (Å²) in [4.78, 5) is 9.32. The van der Waals surface area contributed by atoms with Crippen LogP contribution in [0, 0.1) is 0 Å². The highest BCUT2D eigenvalue weighted by Gasteiger charge is 2.34. The van der Waals surface area contributed by atoms with E-state index in [4.69, 9.17) is 0 Å². The average Bonchev–Trinajstić information content (AvgIpc) is 2.87. The van der Waals surface area contributed by atoms with Crippen LogP contribution in [0.25, 0.3) is 0 Å². The third-order valence-electron chi connectivity index (χ3n) is 3.26. The summed E-state index contributed by atoms with van der Waals surface area (Å²) >= 11 is 0. The van der Waals surface area contributed by atoms with Gasteiger partial charge in [-0.2, -0.15) is 0 Å².